The zero-order chi connectivity index (χ0) is 26.9. The maximum absolute atomic E-state index is 13.4. The quantitative estimate of drug-likeness (QED) is 0.189. The number of nitrogens with zero attached hydrogens (tertiary/aromatic N) is 1. The summed E-state index contributed by atoms with van der Waals surface area (Å²) in [6.45, 7) is 0. The van der Waals surface area contributed by atoms with Gasteiger partial charge in [0.2, 0.25) is 5.89 Å². The topological polar surface area (TPSA) is 112 Å². The zero-order valence-electron chi connectivity index (χ0n) is 20.8. The molecular formula is C33H23N3O3. The van der Waals surface area contributed by atoms with Gasteiger partial charge in [-0.05, 0) is 53.6 Å². The molecule has 1 aromatic heterocycles. The van der Waals surface area contributed by atoms with Crippen molar-refractivity contribution in [3.63, 3.8) is 0 Å². The molecule has 4 N–H and O–H groups in total. The number of oxazole rings is 1. The first-order chi connectivity index (χ1) is 19.0. The fourth-order valence-electron chi connectivity index (χ4n) is 4.64. The van der Waals surface area contributed by atoms with Crippen LogP contribution in [0, 0.1) is 0 Å². The largest absolute Gasteiger partial charge is 0.436 e. The van der Waals surface area contributed by atoms with Crippen LogP contribution in [0.25, 0.3) is 33.7 Å². The summed E-state index contributed by atoms with van der Waals surface area (Å²) in [4.78, 5) is 31.4. The van der Waals surface area contributed by atoms with Crippen LogP contribution in [0.15, 0.2) is 120 Å². The van der Waals surface area contributed by atoms with E-state index in [0.29, 0.717) is 56.2 Å². The SMILES string of the molecule is Nc1ccc(-c2ccc3oc(-c4ccc(N)cc4C(=O)c4ccccc4)nc3c2)c(C(=O)c2ccccc2)c1. The summed E-state index contributed by atoms with van der Waals surface area (Å²) >= 11 is 0. The Morgan fingerprint density at radius 2 is 1.13 bits per heavy atom. The van der Waals surface area contributed by atoms with E-state index in [2.05, 4.69) is 0 Å². The van der Waals surface area contributed by atoms with Crippen LogP contribution in [-0.4, -0.2) is 16.6 Å². The van der Waals surface area contributed by atoms with E-state index in [1.165, 1.54) is 0 Å². The van der Waals surface area contributed by atoms with Gasteiger partial charge in [0.1, 0.15) is 5.52 Å². The first-order valence-electron chi connectivity index (χ1n) is 12.4. The number of nitrogens with two attached hydrogens (primary N) is 2. The number of ketones is 2. The molecule has 39 heavy (non-hydrogen) atoms. The van der Waals surface area contributed by atoms with Gasteiger partial charge in [-0.25, -0.2) is 4.98 Å². The number of aromatic nitrogens is 1. The van der Waals surface area contributed by atoms with Gasteiger partial charge in [-0.1, -0.05) is 72.8 Å². The number of fused-ring (bicyclic) bond motifs is 1. The van der Waals surface area contributed by atoms with Gasteiger partial charge in [-0.15, -0.1) is 0 Å². The molecule has 0 aliphatic carbocycles. The molecule has 0 saturated heterocycles. The molecule has 6 rings (SSSR count). The molecule has 0 atom stereocenters. The highest BCUT2D eigenvalue weighted by molar-refractivity contribution is 6.14. The Morgan fingerprint density at radius 3 is 1.72 bits per heavy atom. The molecule has 0 bridgehead atoms. The Hall–Kier alpha value is -5.49. The lowest BCUT2D eigenvalue weighted by Gasteiger charge is -2.10. The number of rotatable bonds is 6. The summed E-state index contributed by atoms with van der Waals surface area (Å²) < 4.78 is 6.09. The molecule has 1 heterocycles. The van der Waals surface area contributed by atoms with E-state index >= 15 is 0 Å². The van der Waals surface area contributed by atoms with E-state index in [9.17, 15) is 9.59 Å². The second-order valence-corrected chi connectivity index (χ2v) is 9.20. The standard InChI is InChI=1S/C33H23N3O3/c34-23-12-14-25(27(18-23)31(37)20-7-3-1-4-8-20)22-11-16-30-29(17-22)36-33(39-30)26-15-13-24(35)19-28(26)32(38)21-9-5-2-6-10-21/h1-19H,34-35H2. The number of hydrogen-bond donors (Lipinski definition) is 2. The number of hydrogen-bond acceptors (Lipinski definition) is 6. The molecule has 6 nitrogen and oxygen atoms in total. The highest BCUT2D eigenvalue weighted by Gasteiger charge is 2.20. The van der Waals surface area contributed by atoms with E-state index < -0.39 is 0 Å². The maximum atomic E-state index is 13.4. The predicted molar refractivity (Wildman–Crippen MR) is 153 cm³/mol. The van der Waals surface area contributed by atoms with Crippen LogP contribution in [-0.2, 0) is 0 Å². The second-order valence-electron chi connectivity index (χ2n) is 9.20. The first-order valence-corrected chi connectivity index (χ1v) is 12.4. The average Bonchev–Trinajstić information content (AvgIpc) is 3.40. The van der Waals surface area contributed by atoms with Crippen molar-refractivity contribution in [3.8, 4) is 22.6 Å². The number of nitrogen functional groups attached to an aromatic ring is 2. The van der Waals surface area contributed by atoms with Crippen molar-refractivity contribution in [1.82, 2.24) is 4.98 Å². The van der Waals surface area contributed by atoms with Crippen LogP contribution >= 0.6 is 0 Å². The Balaban J connectivity index is 1.43. The smallest absolute Gasteiger partial charge is 0.228 e. The molecule has 0 amide bonds. The average molecular weight is 510 g/mol. The highest BCUT2D eigenvalue weighted by atomic mass is 16.3. The summed E-state index contributed by atoms with van der Waals surface area (Å²) in [6.07, 6.45) is 0. The van der Waals surface area contributed by atoms with Crippen LogP contribution in [0.5, 0.6) is 0 Å². The van der Waals surface area contributed by atoms with Gasteiger partial charge in [0.25, 0.3) is 0 Å². The van der Waals surface area contributed by atoms with Gasteiger partial charge in [0.05, 0.1) is 0 Å². The third kappa shape index (κ3) is 4.55. The normalized spacial score (nSPS) is 11.0. The highest BCUT2D eigenvalue weighted by Crippen LogP contribution is 2.34. The monoisotopic (exact) mass is 509 g/mol. The molecule has 0 aliphatic rings. The molecule has 0 saturated carbocycles. The number of benzene rings is 5. The lowest BCUT2D eigenvalue weighted by atomic mass is 9.93. The van der Waals surface area contributed by atoms with Gasteiger partial charge >= 0.3 is 0 Å². The third-order valence-electron chi connectivity index (χ3n) is 6.58. The summed E-state index contributed by atoms with van der Waals surface area (Å²) in [5, 5.41) is 0. The molecule has 188 valence electrons. The minimum atomic E-state index is -0.174. The van der Waals surface area contributed by atoms with Gasteiger partial charge in [0, 0.05) is 39.2 Å². The van der Waals surface area contributed by atoms with E-state index in [1.54, 1.807) is 54.6 Å². The Labute approximate surface area is 224 Å². The second kappa shape index (κ2) is 9.76. The summed E-state index contributed by atoms with van der Waals surface area (Å²) in [5.41, 5.74) is 18.3. The van der Waals surface area contributed by atoms with Crippen LogP contribution in [0.1, 0.15) is 31.8 Å². The Kier molecular flexibility index (Phi) is 5.98. The lowest BCUT2D eigenvalue weighted by Crippen LogP contribution is -2.04. The van der Waals surface area contributed by atoms with Crippen LogP contribution in [0.4, 0.5) is 11.4 Å². The summed E-state index contributed by atoms with van der Waals surface area (Å²) in [7, 11) is 0. The van der Waals surface area contributed by atoms with Crippen molar-refractivity contribution in [2.75, 3.05) is 11.5 Å². The van der Waals surface area contributed by atoms with Gasteiger partial charge in [-0.3, -0.25) is 9.59 Å². The Morgan fingerprint density at radius 1 is 0.590 bits per heavy atom. The van der Waals surface area contributed by atoms with Crippen molar-refractivity contribution in [1.29, 1.82) is 0 Å². The van der Waals surface area contributed by atoms with Crippen molar-refractivity contribution >= 4 is 34.0 Å². The van der Waals surface area contributed by atoms with E-state index in [1.807, 2.05) is 60.7 Å². The van der Waals surface area contributed by atoms with Crippen molar-refractivity contribution in [3.05, 3.63) is 138 Å². The summed E-state index contributed by atoms with van der Waals surface area (Å²) in [6, 6.07) is 34.0. The molecule has 0 fully saturated rings. The maximum Gasteiger partial charge on any atom is 0.228 e. The van der Waals surface area contributed by atoms with Crippen molar-refractivity contribution in [2.45, 2.75) is 0 Å². The fourth-order valence-corrected chi connectivity index (χ4v) is 4.64. The number of anilines is 2. The number of carbonyl (C=O) groups excluding carboxylic acids is 2. The van der Waals surface area contributed by atoms with E-state index in [-0.39, 0.29) is 11.6 Å². The number of carbonyl (C=O) groups is 2. The zero-order valence-corrected chi connectivity index (χ0v) is 20.8. The van der Waals surface area contributed by atoms with Crippen LogP contribution in [0.3, 0.4) is 0 Å². The first kappa shape index (κ1) is 23.9. The molecule has 0 radical (unpaired) electrons. The lowest BCUT2D eigenvalue weighted by molar-refractivity contribution is 0.103. The fraction of sp³-hybridized carbons (Fsp3) is 0. The molecule has 6 aromatic rings. The van der Waals surface area contributed by atoms with Gasteiger partial charge in [0.15, 0.2) is 17.1 Å². The molecule has 5 aromatic carbocycles. The molecule has 6 heteroatoms. The van der Waals surface area contributed by atoms with Gasteiger partial charge in [-0.2, -0.15) is 0 Å². The van der Waals surface area contributed by atoms with Crippen LogP contribution < -0.4 is 11.5 Å². The molecule has 0 spiro atoms. The Bertz CT molecular complexity index is 1760. The van der Waals surface area contributed by atoms with E-state index in [4.69, 9.17) is 20.9 Å². The van der Waals surface area contributed by atoms with Crippen LogP contribution in [0.2, 0.25) is 0 Å². The van der Waals surface area contributed by atoms with Crippen molar-refractivity contribution < 1.29 is 14.0 Å². The minimum absolute atomic E-state index is 0.121. The third-order valence-corrected chi connectivity index (χ3v) is 6.58. The predicted octanol–water partition coefficient (Wildman–Crippen LogP) is 6.79. The molecule has 0 aliphatic heterocycles. The van der Waals surface area contributed by atoms with E-state index in [0.717, 1.165) is 11.1 Å². The minimum Gasteiger partial charge on any atom is -0.436 e. The van der Waals surface area contributed by atoms with Crippen molar-refractivity contribution in [2.24, 2.45) is 0 Å². The van der Waals surface area contributed by atoms with Gasteiger partial charge < -0.3 is 15.9 Å². The molecular weight excluding hydrogens is 486 g/mol. The molecule has 0 unspecified atom stereocenters. The summed E-state index contributed by atoms with van der Waals surface area (Å²) in [5.74, 6) is 0.0101.